The van der Waals surface area contributed by atoms with Crippen LogP contribution in [0.4, 0.5) is 5.69 Å². The van der Waals surface area contributed by atoms with Gasteiger partial charge in [0.15, 0.2) is 0 Å². The zero-order valence-electron chi connectivity index (χ0n) is 12.1. The van der Waals surface area contributed by atoms with Gasteiger partial charge in [-0.1, -0.05) is 30.0 Å². The van der Waals surface area contributed by atoms with E-state index < -0.39 is 23.0 Å². The minimum Gasteiger partial charge on any atom is -0.481 e. The standard InChI is InChI=1S/C15H13N3O4S/c1-17-13(21)10(8-16)15-18(9-5-3-2-4-6-9)14(22)11(23-15)7-12(19)20/h2-6,11H,7H2,1H3,(H,17,21)(H,19,20)/b15-10-. The van der Waals surface area contributed by atoms with E-state index in [2.05, 4.69) is 5.32 Å². The Hall–Kier alpha value is -2.79. The topological polar surface area (TPSA) is 111 Å². The molecule has 1 heterocycles. The van der Waals surface area contributed by atoms with Crippen molar-refractivity contribution in [2.75, 3.05) is 11.9 Å². The fourth-order valence-corrected chi connectivity index (χ4v) is 3.34. The summed E-state index contributed by atoms with van der Waals surface area (Å²) >= 11 is 0.918. The molecular weight excluding hydrogens is 318 g/mol. The van der Waals surface area contributed by atoms with E-state index in [1.807, 2.05) is 0 Å². The smallest absolute Gasteiger partial charge is 0.305 e. The maximum absolute atomic E-state index is 12.5. The second kappa shape index (κ2) is 6.98. The first kappa shape index (κ1) is 16.6. The molecule has 1 aromatic carbocycles. The van der Waals surface area contributed by atoms with Gasteiger partial charge in [-0.05, 0) is 12.1 Å². The molecule has 0 radical (unpaired) electrons. The number of amides is 2. The predicted octanol–water partition coefficient (Wildman–Crippen LogP) is 1.09. The Morgan fingerprint density at radius 1 is 1.39 bits per heavy atom. The van der Waals surface area contributed by atoms with E-state index in [4.69, 9.17) is 5.11 Å². The lowest BCUT2D eigenvalue weighted by atomic mass is 10.2. The Morgan fingerprint density at radius 2 is 2.04 bits per heavy atom. The Labute approximate surface area is 136 Å². The van der Waals surface area contributed by atoms with Crippen molar-refractivity contribution < 1.29 is 19.5 Å². The Bertz CT molecular complexity index is 724. The van der Waals surface area contributed by atoms with Gasteiger partial charge >= 0.3 is 5.97 Å². The number of aliphatic carboxylic acids is 1. The molecule has 7 nitrogen and oxygen atoms in total. The highest BCUT2D eigenvalue weighted by Crippen LogP contribution is 2.41. The average molecular weight is 331 g/mol. The van der Waals surface area contributed by atoms with Crippen molar-refractivity contribution in [2.45, 2.75) is 11.7 Å². The van der Waals surface area contributed by atoms with Crippen LogP contribution < -0.4 is 10.2 Å². The highest BCUT2D eigenvalue weighted by molar-refractivity contribution is 8.05. The number of hydrogen-bond donors (Lipinski definition) is 2. The molecule has 1 unspecified atom stereocenters. The summed E-state index contributed by atoms with van der Waals surface area (Å²) in [5.74, 6) is -2.21. The predicted molar refractivity (Wildman–Crippen MR) is 84.3 cm³/mol. The molecule has 1 aliphatic heterocycles. The first-order valence-electron chi connectivity index (χ1n) is 6.63. The van der Waals surface area contributed by atoms with Crippen molar-refractivity contribution in [3.63, 3.8) is 0 Å². The highest BCUT2D eigenvalue weighted by Gasteiger charge is 2.41. The number of carbonyl (C=O) groups is 3. The maximum atomic E-state index is 12.5. The maximum Gasteiger partial charge on any atom is 0.305 e. The molecule has 0 aliphatic carbocycles. The lowest BCUT2D eigenvalue weighted by Crippen LogP contribution is -2.31. The Morgan fingerprint density at radius 3 is 2.57 bits per heavy atom. The molecule has 2 amide bonds. The van der Waals surface area contributed by atoms with Crippen molar-refractivity contribution in [1.82, 2.24) is 5.32 Å². The van der Waals surface area contributed by atoms with Crippen molar-refractivity contribution in [2.24, 2.45) is 0 Å². The fraction of sp³-hybridized carbons (Fsp3) is 0.200. The van der Waals surface area contributed by atoms with Gasteiger partial charge in [0.05, 0.1) is 6.42 Å². The summed E-state index contributed by atoms with van der Waals surface area (Å²) < 4.78 is 0. The molecule has 118 valence electrons. The van der Waals surface area contributed by atoms with Crippen molar-refractivity contribution >= 4 is 35.2 Å². The summed E-state index contributed by atoms with van der Waals surface area (Å²) in [6.45, 7) is 0. The van der Waals surface area contributed by atoms with Gasteiger partial charge in [0.25, 0.3) is 5.91 Å². The van der Waals surface area contributed by atoms with Crippen LogP contribution in [0.3, 0.4) is 0 Å². The van der Waals surface area contributed by atoms with E-state index in [1.54, 1.807) is 36.4 Å². The summed E-state index contributed by atoms with van der Waals surface area (Å²) in [7, 11) is 1.38. The number of anilines is 1. The average Bonchev–Trinajstić information content (AvgIpc) is 2.84. The van der Waals surface area contributed by atoms with Crippen LogP contribution in [0.1, 0.15) is 6.42 Å². The largest absolute Gasteiger partial charge is 0.481 e. The van der Waals surface area contributed by atoms with Crippen LogP contribution in [0.5, 0.6) is 0 Å². The molecule has 1 aliphatic rings. The minimum atomic E-state index is -1.12. The Kier molecular flexibility index (Phi) is 5.03. The van der Waals surface area contributed by atoms with Crippen LogP contribution in [0.2, 0.25) is 0 Å². The normalized spacial score (nSPS) is 19.2. The van der Waals surface area contributed by atoms with E-state index in [0.717, 1.165) is 11.8 Å². The van der Waals surface area contributed by atoms with Crippen LogP contribution in [0.15, 0.2) is 40.9 Å². The number of thioether (sulfide) groups is 1. The van der Waals surface area contributed by atoms with E-state index >= 15 is 0 Å². The highest BCUT2D eigenvalue weighted by atomic mass is 32.2. The van der Waals surface area contributed by atoms with Crippen LogP contribution in [-0.4, -0.2) is 35.2 Å². The Balaban J connectivity index is 2.55. The fourth-order valence-electron chi connectivity index (χ4n) is 2.08. The lowest BCUT2D eigenvalue weighted by Gasteiger charge is -2.18. The first-order valence-corrected chi connectivity index (χ1v) is 7.51. The zero-order valence-corrected chi connectivity index (χ0v) is 13.0. The van der Waals surface area contributed by atoms with Gasteiger partial charge < -0.3 is 10.4 Å². The number of hydrogen-bond acceptors (Lipinski definition) is 5. The summed E-state index contributed by atoms with van der Waals surface area (Å²) in [5.41, 5.74) is 0.257. The van der Waals surface area contributed by atoms with Gasteiger partial charge in [0.1, 0.15) is 21.9 Å². The summed E-state index contributed by atoms with van der Waals surface area (Å²) in [4.78, 5) is 36.6. The van der Waals surface area contributed by atoms with E-state index in [9.17, 15) is 19.6 Å². The van der Waals surface area contributed by atoms with Gasteiger partial charge in [-0.3, -0.25) is 19.3 Å². The number of para-hydroxylation sites is 1. The molecule has 0 bridgehead atoms. The van der Waals surface area contributed by atoms with Gasteiger partial charge in [-0.25, -0.2) is 0 Å². The third-order valence-electron chi connectivity index (χ3n) is 3.11. The molecule has 1 saturated heterocycles. The molecule has 0 saturated carbocycles. The lowest BCUT2D eigenvalue weighted by molar-refractivity contribution is -0.138. The molecular formula is C15H13N3O4S. The SMILES string of the molecule is CNC(=O)/C(C#N)=C1\SC(CC(=O)O)C(=O)N1c1ccccc1. The molecule has 1 aromatic rings. The van der Waals surface area contributed by atoms with E-state index in [0.29, 0.717) is 5.69 Å². The first-order chi connectivity index (χ1) is 11.0. The number of nitrogens with zero attached hydrogens (tertiary/aromatic N) is 2. The van der Waals surface area contributed by atoms with Gasteiger partial charge in [0.2, 0.25) is 5.91 Å². The molecule has 0 spiro atoms. The van der Waals surface area contributed by atoms with E-state index in [1.165, 1.54) is 11.9 Å². The van der Waals surface area contributed by atoms with Crippen LogP contribution in [0, 0.1) is 11.3 Å². The van der Waals surface area contributed by atoms with Gasteiger partial charge in [-0.15, -0.1) is 0 Å². The number of carbonyl (C=O) groups excluding carboxylic acids is 2. The van der Waals surface area contributed by atoms with Crippen molar-refractivity contribution in [3.8, 4) is 6.07 Å². The second-order valence-electron chi connectivity index (χ2n) is 4.58. The molecule has 2 N–H and O–H groups in total. The molecule has 1 atom stereocenters. The molecule has 8 heteroatoms. The quantitative estimate of drug-likeness (QED) is 0.631. The number of benzene rings is 1. The molecule has 23 heavy (non-hydrogen) atoms. The van der Waals surface area contributed by atoms with Crippen LogP contribution >= 0.6 is 11.8 Å². The minimum absolute atomic E-state index is 0.148. The molecule has 0 aromatic heterocycles. The third-order valence-corrected chi connectivity index (χ3v) is 4.37. The van der Waals surface area contributed by atoms with Crippen LogP contribution in [-0.2, 0) is 14.4 Å². The second-order valence-corrected chi connectivity index (χ2v) is 5.78. The summed E-state index contributed by atoms with van der Waals surface area (Å²) in [5, 5.41) is 19.8. The van der Waals surface area contributed by atoms with Gasteiger partial charge in [0, 0.05) is 12.7 Å². The van der Waals surface area contributed by atoms with Crippen molar-refractivity contribution in [3.05, 3.63) is 40.9 Å². The number of nitrogens with one attached hydrogen (secondary N) is 1. The number of rotatable bonds is 4. The summed E-state index contributed by atoms with van der Waals surface area (Å²) in [6, 6.07) is 10.3. The van der Waals surface area contributed by atoms with Crippen molar-refractivity contribution in [1.29, 1.82) is 5.26 Å². The van der Waals surface area contributed by atoms with E-state index in [-0.39, 0.29) is 17.0 Å². The monoisotopic (exact) mass is 331 g/mol. The zero-order chi connectivity index (χ0) is 17.0. The van der Waals surface area contributed by atoms with Gasteiger partial charge in [-0.2, -0.15) is 5.26 Å². The molecule has 2 rings (SSSR count). The summed E-state index contributed by atoms with van der Waals surface area (Å²) in [6.07, 6.45) is -0.386. The number of nitriles is 1. The third kappa shape index (κ3) is 3.35. The number of likely N-dealkylation sites (N-methyl/N-ethyl adjacent to an activating group) is 1. The molecule has 1 fully saturated rings. The number of carboxylic acid groups (broad SMARTS) is 1. The van der Waals surface area contributed by atoms with Crippen LogP contribution in [0.25, 0.3) is 0 Å². The number of carboxylic acids is 1.